The number of rotatable bonds is 6. The molecule has 28 heavy (non-hydrogen) atoms. The zero-order valence-corrected chi connectivity index (χ0v) is 15.7. The molecule has 0 spiro atoms. The second kappa shape index (κ2) is 8.37. The van der Waals surface area contributed by atoms with Gasteiger partial charge in [0.1, 0.15) is 24.8 Å². The lowest BCUT2D eigenvalue weighted by Gasteiger charge is -2.06. The number of aliphatic hydroxyl groups excluding tert-OH is 1. The van der Waals surface area contributed by atoms with Crippen LogP contribution < -0.4 is 5.32 Å². The molecule has 142 valence electrons. The van der Waals surface area contributed by atoms with Crippen LogP contribution in [0.5, 0.6) is 0 Å². The molecule has 1 aromatic carbocycles. The predicted octanol–water partition coefficient (Wildman–Crippen LogP) is 2.70. The summed E-state index contributed by atoms with van der Waals surface area (Å²) in [5.74, 6) is -1.38. The number of esters is 1. The highest BCUT2D eigenvalue weighted by molar-refractivity contribution is 7.13. The number of aromatic amines is 1. The number of benzene rings is 1. The second-order valence-electron chi connectivity index (χ2n) is 5.79. The Morgan fingerprint density at radius 2 is 2.11 bits per heavy atom. The van der Waals surface area contributed by atoms with Crippen molar-refractivity contribution in [3.8, 4) is 6.07 Å². The van der Waals surface area contributed by atoms with Gasteiger partial charge in [0.05, 0.1) is 15.9 Å². The Morgan fingerprint density at radius 1 is 1.32 bits per heavy atom. The van der Waals surface area contributed by atoms with Crippen molar-refractivity contribution in [1.82, 2.24) is 15.3 Å². The van der Waals surface area contributed by atoms with E-state index in [1.54, 1.807) is 24.3 Å². The smallest absolute Gasteiger partial charge is 0.325 e. The summed E-state index contributed by atoms with van der Waals surface area (Å²) in [6.07, 6.45) is 0. The first-order chi connectivity index (χ1) is 13.5. The molecular weight excluding hydrogens is 380 g/mol. The number of nitrogens with zero attached hydrogens (tertiary/aromatic N) is 2. The third-order valence-corrected chi connectivity index (χ3v) is 4.75. The molecule has 8 nitrogen and oxygen atoms in total. The number of nitrogens with one attached hydrogen (secondary N) is 2. The Labute approximate surface area is 164 Å². The Hall–Kier alpha value is -3.64. The molecule has 2 aromatic heterocycles. The average Bonchev–Trinajstić information content (AvgIpc) is 3.31. The number of allylic oxidation sites excluding steroid dienone is 1. The summed E-state index contributed by atoms with van der Waals surface area (Å²) in [4.78, 5) is 32.3. The van der Waals surface area contributed by atoms with E-state index in [1.807, 2.05) is 25.1 Å². The second-order valence-corrected chi connectivity index (χ2v) is 7.08. The van der Waals surface area contributed by atoms with Crippen LogP contribution in [0.1, 0.15) is 20.4 Å². The molecule has 3 N–H and O–H groups in total. The quantitative estimate of drug-likeness (QED) is 0.334. The molecule has 2 heterocycles. The highest BCUT2D eigenvalue weighted by Crippen LogP contribution is 2.19. The zero-order valence-electron chi connectivity index (χ0n) is 14.9. The third kappa shape index (κ3) is 4.36. The van der Waals surface area contributed by atoms with Gasteiger partial charge in [0.2, 0.25) is 0 Å². The molecule has 9 heteroatoms. The van der Waals surface area contributed by atoms with Crippen molar-refractivity contribution < 1.29 is 19.4 Å². The molecule has 1 amide bonds. The molecule has 0 aliphatic carbocycles. The molecular formula is C19H16N4O4S. The van der Waals surface area contributed by atoms with E-state index in [9.17, 15) is 20.0 Å². The number of thiophene rings is 1. The SMILES string of the molecule is Cc1ccc(C(=O)NCC(=O)OC/C(O)=C(\C#N)c2nc3ccccc3[nH]2)s1. The normalized spacial score (nSPS) is 11.6. The first kappa shape index (κ1) is 19.1. The monoisotopic (exact) mass is 396 g/mol. The van der Waals surface area contributed by atoms with Crippen molar-refractivity contribution in [3.05, 3.63) is 57.7 Å². The summed E-state index contributed by atoms with van der Waals surface area (Å²) in [6, 6.07) is 12.5. The number of imidazole rings is 1. The number of para-hydroxylation sites is 2. The lowest BCUT2D eigenvalue weighted by molar-refractivity contribution is -0.142. The molecule has 0 atom stereocenters. The van der Waals surface area contributed by atoms with E-state index in [2.05, 4.69) is 15.3 Å². The van der Waals surface area contributed by atoms with E-state index < -0.39 is 18.3 Å². The van der Waals surface area contributed by atoms with Gasteiger partial charge in [0.15, 0.2) is 11.6 Å². The number of amides is 1. The lowest BCUT2D eigenvalue weighted by atomic mass is 10.2. The summed E-state index contributed by atoms with van der Waals surface area (Å²) < 4.78 is 4.92. The zero-order chi connectivity index (χ0) is 20.1. The average molecular weight is 396 g/mol. The van der Waals surface area contributed by atoms with Gasteiger partial charge in [-0.15, -0.1) is 11.3 Å². The van der Waals surface area contributed by atoms with Crippen molar-refractivity contribution in [3.63, 3.8) is 0 Å². The molecule has 0 saturated carbocycles. The first-order valence-corrected chi connectivity index (χ1v) is 9.07. The van der Waals surface area contributed by atoms with Gasteiger partial charge in [-0.1, -0.05) is 12.1 Å². The van der Waals surface area contributed by atoms with Crippen molar-refractivity contribution in [2.45, 2.75) is 6.92 Å². The number of aliphatic hydroxyl groups is 1. The van der Waals surface area contributed by atoms with Gasteiger partial charge in [-0.05, 0) is 31.2 Å². The van der Waals surface area contributed by atoms with Gasteiger partial charge < -0.3 is 20.1 Å². The van der Waals surface area contributed by atoms with Crippen molar-refractivity contribution in [2.75, 3.05) is 13.2 Å². The van der Waals surface area contributed by atoms with E-state index in [4.69, 9.17) is 4.74 Å². The number of nitriles is 1. The van der Waals surface area contributed by atoms with Gasteiger partial charge in [-0.2, -0.15) is 5.26 Å². The minimum Gasteiger partial charge on any atom is -0.507 e. The van der Waals surface area contributed by atoms with E-state index >= 15 is 0 Å². The molecule has 3 aromatic rings. The number of aryl methyl sites for hydroxylation is 1. The van der Waals surface area contributed by atoms with E-state index in [1.165, 1.54) is 11.3 Å². The summed E-state index contributed by atoms with van der Waals surface area (Å²) in [5.41, 5.74) is 1.23. The van der Waals surface area contributed by atoms with Gasteiger partial charge in [0, 0.05) is 4.88 Å². The summed E-state index contributed by atoms with van der Waals surface area (Å²) in [6.45, 7) is 1.02. The Bertz CT molecular complexity index is 1070. The molecule has 0 bridgehead atoms. The van der Waals surface area contributed by atoms with E-state index in [0.717, 1.165) is 4.88 Å². The molecule has 0 unspecified atom stereocenters. The highest BCUT2D eigenvalue weighted by atomic mass is 32.1. The topological polar surface area (TPSA) is 128 Å². The number of carbonyl (C=O) groups is 2. The number of aromatic nitrogens is 2. The number of carbonyl (C=O) groups excluding carboxylic acids is 2. The van der Waals surface area contributed by atoms with E-state index in [0.29, 0.717) is 15.9 Å². The lowest BCUT2D eigenvalue weighted by Crippen LogP contribution is -2.30. The van der Waals surface area contributed by atoms with Crippen LogP contribution in [0.3, 0.4) is 0 Å². The maximum Gasteiger partial charge on any atom is 0.325 e. The number of ether oxygens (including phenoxy) is 1. The van der Waals surface area contributed by atoms with Crippen LogP contribution in [0.25, 0.3) is 16.6 Å². The molecule has 0 radical (unpaired) electrons. The number of hydrogen-bond acceptors (Lipinski definition) is 7. The first-order valence-electron chi connectivity index (χ1n) is 8.25. The van der Waals surface area contributed by atoms with Gasteiger partial charge in [0.25, 0.3) is 5.91 Å². The van der Waals surface area contributed by atoms with Crippen LogP contribution in [0.2, 0.25) is 0 Å². The van der Waals surface area contributed by atoms with Crippen LogP contribution in [0.15, 0.2) is 42.2 Å². The van der Waals surface area contributed by atoms with Gasteiger partial charge in [-0.25, -0.2) is 4.98 Å². The number of fused-ring (bicyclic) bond motifs is 1. The Morgan fingerprint density at radius 3 is 2.79 bits per heavy atom. The molecule has 0 saturated heterocycles. The molecule has 0 fully saturated rings. The fourth-order valence-corrected chi connectivity index (χ4v) is 3.18. The van der Waals surface area contributed by atoms with Crippen LogP contribution in [0, 0.1) is 18.3 Å². The van der Waals surface area contributed by atoms with Crippen molar-refractivity contribution in [2.24, 2.45) is 0 Å². The maximum absolute atomic E-state index is 11.9. The highest BCUT2D eigenvalue weighted by Gasteiger charge is 2.16. The Balaban J connectivity index is 1.59. The number of H-pyrrole nitrogens is 1. The Kier molecular flexibility index (Phi) is 5.72. The minimum atomic E-state index is -0.741. The van der Waals surface area contributed by atoms with Crippen LogP contribution in [-0.4, -0.2) is 40.1 Å². The standard InChI is InChI=1S/C19H16N4O4S/c1-11-6-7-16(28-11)19(26)21-9-17(25)27-10-15(24)12(8-20)18-22-13-4-2-3-5-14(13)23-18/h2-7,24H,9-10H2,1H3,(H,21,26)(H,22,23)/b15-12-. The van der Waals surface area contributed by atoms with E-state index in [-0.39, 0.29) is 23.8 Å². The van der Waals surface area contributed by atoms with Gasteiger partial charge in [-0.3, -0.25) is 9.59 Å². The summed E-state index contributed by atoms with van der Waals surface area (Å²) in [7, 11) is 0. The van der Waals surface area contributed by atoms with Crippen molar-refractivity contribution >= 4 is 39.8 Å². The fourth-order valence-electron chi connectivity index (χ4n) is 2.39. The molecule has 0 aliphatic heterocycles. The van der Waals surface area contributed by atoms with Crippen LogP contribution in [-0.2, 0) is 9.53 Å². The third-order valence-electron chi connectivity index (χ3n) is 3.75. The fraction of sp³-hybridized carbons (Fsp3) is 0.158. The molecule has 3 rings (SSSR count). The predicted molar refractivity (Wildman–Crippen MR) is 104 cm³/mol. The summed E-state index contributed by atoms with van der Waals surface area (Å²) in [5, 5.41) is 21.9. The van der Waals surface area contributed by atoms with Crippen LogP contribution >= 0.6 is 11.3 Å². The minimum absolute atomic E-state index is 0.123. The van der Waals surface area contributed by atoms with Crippen molar-refractivity contribution in [1.29, 1.82) is 5.26 Å². The van der Waals surface area contributed by atoms with Crippen LogP contribution in [0.4, 0.5) is 0 Å². The molecule has 0 aliphatic rings. The van der Waals surface area contributed by atoms with Gasteiger partial charge >= 0.3 is 5.97 Å². The maximum atomic E-state index is 11.9. The summed E-state index contributed by atoms with van der Waals surface area (Å²) >= 11 is 1.31. The largest absolute Gasteiger partial charge is 0.507 e. The number of hydrogen-bond donors (Lipinski definition) is 3.